The third-order valence-corrected chi connectivity index (χ3v) is 4.44. The Morgan fingerprint density at radius 2 is 1.92 bits per heavy atom. The number of rotatable bonds is 4. The molecule has 0 aliphatic carbocycles. The van der Waals surface area contributed by atoms with Crippen LogP contribution in [0.15, 0.2) is 58.5 Å². The number of nitrogens with one attached hydrogen (secondary N) is 1. The van der Waals surface area contributed by atoms with E-state index < -0.39 is 0 Å². The molecule has 0 radical (unpaired) electrons. The van der Waals surface area contributed by atoms with E-state index in [9.17, 15) is 9.59 Å². The molecule has 6 nitrogen and oxygen atoms in total. The average molecular weight is 361 g/mol. The lowest BCUT2D eigenvalue weighted by Gasteiger charge is -2.08. The molecule has 0 saturated heterocycles. The first-order valence-electron chi connectivity index (χ1n) is 6.99. The van der Waals surface area contributed by atoms with E-state index in [2.05, 4.69) is 10.3 Å². The zero-order chi connectivity index (χ0) is 17.1. The number of hydrogen-bond donors (Lipinski definition) is 2. The van der Waals surface area contributed by atoms with Crippen LogP contribution in [0.5, 0.6) is 0 Å². The second kappa shape index (κ2) is 6.94. The molecular weight excluding hydrogens is 348 g/mol. The smallest absolute Gasteiger partial charge is 0.280 e. The summed E-state index contributed by atoms with van der Waals surface area (Å²) in [6, 6.07) is 13.7. The topological polar surface area (TPSA) is 90.0 Å². The van der Waals surface area contributed by atoms with E-state index in [0.29, 0.717) is 21.6 Å². The summed E-state index contributed by atoms with van der Waals surface area (Å²) < 4.78 is 0.961. The van der Waals surface area contributed by atoms with E-state index in [0.717, 1.165) is 16.4 Å². The summed E-state index contributed by atoms with van der Waals surface area (Å²) in [6.45, 7) is 0. The van der Waals surface area contributed by atoms with E-state index in [4.69, 9.17) is 17.4 Å². The number of hydrogen-bond acceptors (Lipinski definition) is 5. The fourth-order valence-corrected chi connectivity index (χ4v) is 2.93. The van der Waals surface area contributed by atoms with Gasteiger partial charge in [0.05, 0.1) is 16.7 Å². The van der Waals surface area contributed by atoms with Crippen molar-refractivity contribution >= 4 is 45.9 Å². The van der Waals surface area contributed by atoms with E-state index >= 15 is 0 Å². The molecule has 0 saturated carbocycles. The molecule has 1 aromatic heterocycles. The van der Waals surface area contributed by atoms with Crippen molar-refractivity contribution < 1.29 is 4.79 Å². The van der Waals surface area contributed by atoms with Crippen molar-refractivity contribution in [1.82, 2.24) is 9.66 Å². The van der Waals surface area contributed by atoms with Gasteiger partial charge in [0, 0.05) is 10.7 Å². The second-order valence-electron chi connectivity index (χ2n) is 4.93. The van der Waals surface area contributed by atoms with Crippen LogP contribution in [0.4, 0.5) is 5.69 Å². The van der Waals surface area contributed by atoms with Gasteiger partial charge in [0.25, 0.3) is 5.56 Å². The highest BCUT2D eigenvalue weighted by atomic mass is 35.5. The number of carbonyl (C=O) groups excluding carboxylic acids is 1. The van der Waals surface area contributed by atoms with Crippen molar-refractivity contribution in [2.24, 2.45) is 0 Å². The Hall–Kier alpha value is -2.51. The standard InChI is InChI=1S/C16H13ClN4O2S/c17-10-5-7-11(8-6-10)19-14(22)9-24-16-20-13-4-2-1-3-12(13)15(23)21(16)18/h1-8H,9,18H2,(H,19,22). The molecular formula is C16H13ClN4O2S. The van der Waals surface area contributed by atoms with Crippen LogP contribution in [0, 0.1) is 0 Å². The number of para-hydroxylation sites is 1. The van der Waals surface area contributed by atoms with Crippen LogP contribution < -0.4 is 16.7 Å². The van der Waals surface area contributed by atoms with Crippen LogP contribution in [0.25, 0.3) is 10.9 Å². The minimum atomic E-state index is -0.346. The van der Waals surface area contributed by atoms with E-state index in [1.807, 2.05) is 0 Å². The van der Waals surface area contributed by atoms with Crippen LogP contribution >= 0.6 is 23.4 Å². The summed E-state index contributed by atoms with van der Waals surface area (Å²) in [5.41, 5.74) is 0.840. The Balaban J connectivity index is 1.73. The van der Waals surface area contributed by atoms with Crippen LogP contribution in [0.2, 0.25) is 5.02 Å². The molecule has 1 amide bonds. The SMILES string of the molecule is Nn1c(SCC(=O)Nc2ccc(Cl)cc2)nc2ccccc2c1=O. The number of aromatic nitrogens is 2. The van der Waals surface area contributed by atoms with Crippen molar-refractivity contribution in [1.29, 1.82) is 0 Å². The summed E-state index contributed by atoms with van der Waals surface area (Å²) in [7, 11) is 0. The maximum Gasteiger partial charge on any atom is 0.280 e. The summed E-state index contributed by atoms with van der Waals surface area (Å²) in [5.74, 6) is 5.62. The molecule has 8 heteroatoms. The first-order valence-corrected chi connectivity index (χ1v) is 8.36. The summed E-state index contributed by atoms with van der Waals surface area (Å²) in [6.07, 6.45) is 0. The molecule has 0 atom stereocenters. The lowest BCUT2D eigenvalue weighted by Crippen LogP contribution is -2.30. The van der Waals surface area contributed by atoms with Gasteiger partial charge in [-0.2, -0.15) is 0 Å². The quantitative estimate of drug-likeness (QED) is 0.424. The monoisotopic (exact) mass is 360 g/mol. The Kier molecular flexibility index (Phi) is 4.73. The Labute approximate surface area is 146 Å². The first-order chi connectivity index (χ1) is 11.5. The molecule has 24 heavy (non-hydrogen) atoms. The molecule has 0 unspecified atom stereocenters. The lowest BCUT2D eigenvalue weighted by molar-refractivity contribution is -0.113. The molecule has 2 aromatic carbocycles. The van der Waals surface area contributed by atoms with Gasteiger partial charge in [-0.25, -0.2) is 9.66 Å². The second-order valence-corrected chi connectivity index (χ2v) is 6.31. The fourth-order valence-electron chi connectivity index (χ4n) is 2.09. The highest BCUT2D eigenvalue weighted by Gasteiger charge is 2.11. The van der Waals surface area contributed by atoms with Gasteiger partial charge < -0.3 is 11.2 Å². The number of nitrogens with two attached hydrogens (primary N) is 1. The molecule has 1 heterocycles. The number of benzene rings is 2. The molecule has 0 bridgehead atoms. The maximum atomic E-state index is 12.2. The lowest BCUT2D eigenvalue weighted by atomic mass is 10.2. The molecule has 0 fully saturated rings. The van der Waals surface area contributed by atoms with Gasteiger partial charge in [-0.1, -0.05) is 35.5 Å². The van der Waals surface area contributed by atoms with Crippen molar-refractivity contribution in [3.05, 3.63) is 63.9 Å². The van der Waals surface area contributed by atoms with Crippen LogP contribution in [0.1, 0.15) is 0 Å². The van der Waals surface area contributed by atoms with Crippen molar-refractivity contribution in [3.8, 4) is 0 Å². The molecule has 3 rings (SSSR count). The van der Waals surface area contributed by atoms with Crippen molar-refractivity contribution in [3.63, 3.8) is 0 Å². The van der Waals surface area contributed by atoms with Gasteiger partial charge in [0.2, 0.25) is 5.91 Å². The summed E-state index contributed by atoms with van der Waals surface area (Å²) >= 11 is 6.89. The summed E-state index contributed by atoms with van der Waals surface area (Å²) in [5, 5.41) is 4.05. The zero-order valence-electron chi connectivity index (χ0n) is 12.4. The number of halogens is 1. The van der Waals surface area contributed by atoms with Gasteiger partial charge in [-0.05, 0) is 36.4 Å². The fraction of sp³-hybridized carbons (Fsp3) is 0.0625. The van der Waals surface area contributed by atoms with E-state index in [-0.39, 0.29) is 22.4 Å². The largest absolute Gasteiger partial charge is 0.334 e. The normalized spacial score (nSPS) is 10.7. The number of nitrogens with zero attached hydrogens (tertiary/aromatic N) is 2. The van der Waals surface area contributed by atoms with Crippen molar-refractivity contribution in [2.75, 3.05) is 16.9 Å². The highest BCUT2D eigenvalue weighted by molar-refractivity contribution is 7.99. The zero-order valence-corrected chi connectivity index (χ0v) is 14.0. The Morgan fingerprint density at radius 3 is 2.67 bits per heavy atom. The first kappa shape index (κ1) is 16.4. The number of amides is 1. The molecule has 0 aliphatic heterocycles. The Bertz CT molecular complexity index is 956. The summed E-state index contributed by atoms with van der Waals surface area (Å²) in [4.78, 5) is 28.5. The predicted octanol–water partition coefficient (Wildman–Crippen LogP) is 2.49. The van der Waals surface area contributed by atoms with Gasteiger partial charge in [0.1, 0.15) is 0 Å². The van der Waals surface area contributed by atoms with E-state index in [1.165, 1.54) is 0 Å². The van der Waals surface area contributed by atoms with Crippen LogP contribution in [-0.4, -0.2) is 21.3 Å². The highest BCUT2D eigenvalue weighted by Crippen LogP contribution is 2.17. The Morgan fingerprint density at radius 1 is 1.21 bits per heavy atom. The number of thioether (sulfide) groups is 1. The molecule has 0 aliphatic rings. The van der Waals surface area contributed by atoms with Gasteiger partial charge in [0.15, 0.2) is 5.16 Å². The minimum Gasteiger partial charge on any atom is -0.334 e. The third-order valence-electron chi connectivity index (χ3n) is 3.24. The van der Waals surface area contributed by atoms with Gasteiger partial charge in [-0.15, -0.1) is 0 Å². The number of anilines is 1. The number of carbonyl (C=O) groups is 1. The van der Waals surface area contributed by atoms with Crippen LogP contribution in [-0.2, 0) is 4.79 Å². The van der Waals surface area contributed by atoms with Gasteiger partial charge >= 0.3 is 0 Å². The van der Waals surface area contributed by atoms with Gasteiger partial charge in [-0.3, -0.25) is 9.59 Å². The number of nitrogen functional groups attached to an aromatic ring is 1. The minimum absolute atomic E-state index is 0.0740. The molecule has 0 spiro atoms. The molecule has 3 aromatic rings. The third kappa shape index (κ3) is 3.52. The number of fused-ring (bicyclic) bond motifs is 1. The van der Waals surface area contributed by atoms with Crippen molar-refractivity contribution in [2.45, 2.75) is 5.16 Å². The van der Waals surface area contributed by atoms with E-state index in [1.54, 1.807) is 48.5 Å². The predicted molar refractivity (Wildman–Crippen MR) is 97.0 cm³/mol. The maximum absolute atomic E-state index is 12.2. The van der Waals surface area contributed by atoms with Crippen LogP contribution in [0.3, 0.4) is 0 Å². The average Bonchev–Trinajstić information content (AvgIpc) is 2.59. The molecule has 122 valence electrons. The molecule has 3 N–H and O–H groups in total.